The molecule has 1 nitrogen and oxygen atoms in total. The summed E-state index contributed by atoms with van der Waals surface area (Å²) in [7, 11) is 0. The Morgan fingerprint density at radius 2 is 0.926 bits per heavy atom. The van der Waals surface area contributed by atoms with Gasteiger partial charge in [-0.3, -0.25) is 0 Å². The normalized spacial score (nSPS) is 12.7. The van der Waals surface area contributed by atoms with E-state index in [2.05, 4.69) is 115 Å². The maximum atomic E-state index is 9.75. The highest BCUT2D eigenvalue weighted by Gasteiger charge is 2.19. The predicted octanol–water partition coefficient (Wildman–Crippen LogP) is 15.5. The second kappa shape index (κ2) is 12.4. The van der Waals surface area contributed by atoms with Gasteiger partial charge >= 0.3 is 0 Å². The molecule has 0 bridgehead atoms. The van der Waals surface area contributed by atoms with Crippen molar-refractivity contribution in [2.75, 3.05) is 4.90 Å². The quantitative estimate of drug-likeness (QED) is 0.161. The third-order valence-electron chi connectivity index (χ3n) is 10.7. The molecule has 0 atom stereocenters. The number of rotatable bonds is 5. The summed E-state index contributed by atoms with van der Waals surface area (Å²) < 4.78 is 40.8. The van der Waals surface area contributed by atoms with Gasteiger partial charge in [-0.25, -0.2) is 0 Å². The minimum Gasteiger partial charge on any atom is -0.310 e. The summed E-state index contributed by atoms with van der Waals surface area (Å²) in [5.41, 5.74) is 4.88. The molecular formula is C52H33NS. The fourth-order valence-corrected chi connectivity index (χ4v) is 9.41. The van der Waals surface area contributed by atoms with E-state index in [1.165, 1.54) is 16.2 Å². The second-order valence-corrected chi connectivity index (χ2v) is 14.8. The van der Waals surface area contributed by atoms with E-state index in [0.717, 1.165) is 69.6 Å². The van der Waals surface area contributed by atoms with Crippen molar-refractivity contribution >= 4 is 91.7 Å². The van der Waals surface area contributed by atoms with Gasteiger partial charge in [0.05, 0.1) is 11.2 Å². The van der Waals surface area contributed by atoms with Crippen molar-refractivity contribution in [2.45, 2.75) is 0 Å². The highest BCUT2D eigenvalue weighted by atomic mass is 32.1. The van der Waals surface area contributed by atoms with E-state index < -0.39 is 0 Å². The van der Waals surface area contributed by atoms with Crippen LogP contribution in [-0.4, -0.2) is 0 Å². The summed E-state index contributed by atoms with van der Waals surface area (Å²) in [5, 5.41) is 11.0. The number of hydrogen-bond donors (Lipinski definition) is 0. The molecule has 0 N–H and O–H groups in total. The van der Waals surface area contributed by atoms with Crippen LogP contribution in [0.3, 0.4) is 0 Å². The van der Waals surface area contributed by atoms with Crippen LogP contribution in [-0.2, 0) is 0 Å². The molecule has 0 aliphatic carbocycles. The monoisotopic (exact) mass is 707 g/mol. The van der Waals surface area contributed by atoms with E-state index in [9.17, 15) is 5.48 Å². The SMILES string of the molecule is [2H]c1c([2H])c(N(c2ccc(-c3cc4ccccc4c4ccccc34)cc2)c2cc3ccccc3c3ccccc23)c([2H])c([2H])c1-c1cccc2c1sc1ccccc12. The van der Waals surface area contributed by atoms with Crippen molar-refractivity contribution in [1.82, 2.24) is 0 Å². The summed E-state index contributed by atoms with van der Waals surface area (Å²) in [6.07, 6.45) is 0. The van der Waals surface area contributed by atoms with Crippen LogP contribution >= 0.6 is 11.3 Å². The van der Waals surface area contributed by atoms with Crippen LogP contribution in [0.5, 0.6) is 0 Å². The fraction of sp³-hybridized carbons (Fsp3) is 0. The van der Waals surface area contributed by atoms with Gasteiger partial charge in [0.25, 0.3) is 0 Å². The molecule has 1 heterocycles. The zero-order valence-corrected chi connectivity index (χ0v) is 29.9. The molecule has 0 unspecified atom stereocenters. The minimum atomic E-state index is -0.101. The largest absolute Gasteiger partial charge is 0.310 e. The first-order valence-corrected chi connectivity index (χ1v) is 19.0. The standard InChI is InChI=1S/C52H33NS/c1-3-14-40-36(12-1)32-49(45-18-6-5-16-43(40)45)35-26-30-39(31-27-35)53(50-33-37-13-2-4-15-41(37)44-17-7-8-19-46(44)50)38-28-24-34(25-29-38)42-21-11-22-48-47-20-9-10-23-51(47)54-52(42)48/h1-33H/i24D,25D,28D,29D. The molecule has 0 saturated heterocycles. The molecule has 0 radical (unpaired) electrons. The number of anilines is 3. The van der Waals surface area contributed by atoms with Gasteiger partial charge in [-0.15, -0.1) is 11.3 Å². The van der Waals surface area contributed by atoms with Crippen LogP contribution in [0.1, 0.15) is 5.48 Å². The lowest BCUT2D eigenvalue weighted by atomic mass is 9.93. The van der Waals surface area contributed by atoms with E-state index in [1.54, 1.807) is 11.3 Å². The Balaban J connectivity index is 1.16. The minimum absolute atomic E-state index is 0.0738. The summed E-state index contributed by atoms with van der Waals surface area (Å²) in [5.74, 6) is 0. The summed E-state index contributed by atoms with van der Waals surface area (Å²) in [6, 6.07) is 59.9. The van der Waals surface area contributed by atoms with Crippen LogP contribution in [0.4, 0.5) is 17.1 Å². The van der Waals surface area contributed by atoms with Crippen LogP contribution in [0.25, 0.3) is 85.5 Å². The number of nitrogens with zero attached hydrogens (tertiary/aromatic N) is 1. The van der Waals surface area contributed by atoms with Crippen molar-refractivity contribution in [3.05, 3.63) is 200 Å². The zero-order valence-electron chi connectivity index (χ0n) is 33.1. The smallest absolute Gasteiger partial charge is 0.0645 e. The average Bonchev–Trinajstić information content (AvgIpc) is 3.66. The van der Waals surface area contributed by atoms with Gasteiger partial charge < -0.3 is 4.90 Å². The fourth-order valence-electron chi connectivity index (χ4n) is 8.19. The molecule has 2 heteroatoms. The topological polar surface area (TPSA) is 3.24 Å². The van der Waals surface area contributed by atoms with E-state index >= 15 is 0 Å². The molecule has 11 rings (SSSR count). The highest BCUT2D eigenvalue weighted by molar-refractivity contribution is 7.26. The maximum absolute atomic E-state index is 9.75. The second-order valence-electron chi connectivity index (χ2n) is 13.7. The molecule has 10 aromatic carbocycles. The van der Waals surface area contributed by atoms with E-state index in [4.69, 9.17) is 0 Å². The summed E-state index contributed by atoms with van der Waals surface area (Å²) in [4.78, 5) is 1.93. The zero-order chi connectivity index (χ0) is 39.1. The molecular weight excluding hydrogens is 671 g/mol. The van der Waals surface area contributed by atoms with Gasteiger partial charge in [0.1, 0.15) is 0 Å². The Hall–Kier alpha value is -6.74. The third kappa shape index (κ3) is 4.92. The van der Waals surface area contributed by atoms with Crippen LogP contribution in [0.2, 0.25) is 0 Å². The molecule has 11 aromatic rings. The molecule has 252 valence electrons. The highest BCUT2D eigenvalue weighted by Crippen LogP contribution is 2.45. The van der Waals surface area contributed by atoms with Crippen molar-refractivity contribution in [2.24, 2.45) is 0 Å². The molecule has 1 aromatic heterocycles. The van der Waals surface area contributed by atoms with Crippen LogP contribution < -0.4 is 4.90 Å². The maximum Gasteiger partial charge on any atom is 0.0645 e. The molecule has 0 saturated carbocycles. The summed E-state index contributed by atoms with van der Waals surface area (Å²) in [6.45, 7) is 0. The Kier molecular flexibility index (Phi) is 6.21. The van der Waals surface area contributed by atoms with Crippen LogP contribution in [0, 0.1) is 0 Å². The first kappa shape index (κ1) is 26.9. The molecule has 0 amide bonds. The Morgan fingerprint density at radius 3 is 1.65 bits per heavy atom. The van der Waals surface area contributed by atoms with Gasteiger partial charge in [-0.2, -0.15) is 0 Å². The van der Waals surface area contributed by atoms with Crippen molar-refractivity contribution < 1.29 is 5.48 Å². The number of hydrogen-bond acceptors (Lipinski definition) is 2. The van der Waals surface area contributed by atoms with Gasteiger partial charge in [0, 0.05) is 36.9 Å². The Morgan fingerprint density at radius 1 is 0.370 bits per heavy atom. The lowest BCUT2D eigenvalue weighted by Crippen LogP contribution is -2.10. The Bertz CT molecular complexity index is 3430. The molecule has 54 heavy (non-hydrogen) atoms. The average molecular weight is 708 g/mol. The first-order valence-electron chi connectivity index (χ1n) is 20.2. The van der Waals surface area contributed by atoms with E-state index in [1.807, 2.05) is 65.6 Å². The molecule has 0 fully saturated rings. The van der Waals surface area contributed by atoms with E-state index in [0.29, 0.717) is 11.1 Å². The van der Waals surface area contributed by atoms with Crippen molar-refractivity contribution in [3.8, 4) is 22.3 Å². The lowest BCUT2D eigenvalue weighted by Gasteiger charge is -2.28. The number of benzene rings is 10. The molecule has 0 spiro atoms. The Labute approximate surface area is 323 Å². The van der Waals surface area contributed by atoms with Gasteiger partial charge in [0.2, 0.25) is 0 Å². The van der Waals surface area contributed by atoms with Crippen LogP contribution in [0.15, 0.2) is 200 Å². The van der Waals surface area contributed by atoms with Crippen molar-refractivity contribution in [1.29, 1.82) is 0 Å². The molecule has 0 aliphatic heterocycles. The summed E-state index contributed by atoms with van der Waals surface area (Å²) >= 11 is 1.62. The van der Waals surface area contributed by atoms with Gasteiger partial charge in [-0.1, -0.05) is 158 Å². The lowest BCUT2D eigenvalue weighted by molar-refractivity contribution is 1.30. The van der Waals surface area contributed by atoms with Crippen molar-refractivity contribution in [3.63, 3.8) is 0 Å². The number of thiophene rings is 1. The molecule has 0 aliphatic rings. The van der Waals surface area contributed by atoms with Gasteiger partial charge in [0.15, 0.2) is 0 Å². The van der Waals surface area contributed by atoms with Gasteiger partial charge in [-0.05, 0) is 102 Å². The van der Waals surface area contributed by atoms with E-state index in [-0.39, 0.29) is 29.9 Å². The first-order chi connectivity index (χ1) is 28.5. The predicted molar refractivity (Wildman–Crippen MR) is 235 cm³/mol. The third-order valence-corrected chi connectivity index (χ3v) is 11.9. The number of fused-ring (bicyclic) bond motifs is 9.